The van der Waals surface area contributed by atoms with E-state index in [1.807, 2.05) is 0 Å². The first kappa shape index (κ1) is 10.6. The van der Waals surface area contributed by atoms with Crippen molar-refractivity contribution in [3.63, 3.8) is 0 Å². The smallest absolute Gasteiger partial charge is 0.113 e. The molecule has 2 heterocycles. The third-order valence-corrected chi connectivity index (χ3v) is 5.21. The van der Waals surface area contributed by atoms with Crippen LogP contribution in [0.25, 0.3) is 0 Å². The molecule has 1 aromatic rings. The van der Waals surface area contributed by atoms with Gasteiger partial charge < -0.3 is 4.90 Å². The quantitative estimate of drug-likeness (QED) is 0.477. The van der Waals surface area contributed by atoms with Crippen molar-refractivity contribution in [3.8, 4) is 0 Å². The van der Waals surface area contributed by atoms with Crippen molar-refractivity contribution < 1.29 is 0 Å². The van der Waals surface area contributed by atoms with E-state index in [4.69, 9.17) is 4.99 Å². The molecule has 3 aliphatic rings. The summed E-state index contributed by atoms with van der Waals surface area (Å²) in [4.78, 5) is 7.33. The Kier molecular flexibility index (Phi) is 2.22. The van der Waals surface area contributed by atoms with E-state index in [1.165, 1.54) is 21.4 Å². The van der Waals surface area contributed by atoms with Crippen LogP contribution < -0.4 is 0 Å². The molecule has 17 heavy (non-hydrogen) atoms. The summed E-state index contributed by atoms with van der Waals surface area (Å²) in [6, 6.07) is 4.90. The molecular formula is C13H10BrIN2. The van der Waals surface area contributed by atoms with Crippen molar-refractivity contribution in [3.05, 3.63) is 37.9 Å². The molecule has 86 valence electrons. The Bertz CT molecular complexity index is 579. The second-order valence-corrected chi connectivity index (χ2v) is 6.86. The predicted molar refractivity (Wildman–Crippen MR) is 80.5 cm³/mol. The van der Waals surface area contributed by atoms with Crippen LogP contribution in [0.3, 0.4) is 0 Å². The maximum absolute atomic E-state index is 4.87. The fourth-order valence-corrected chi connectivity index (χ4v) is 4.63. The number of rotatable bonds is 0. The third-order valence-electron chi connectivity index (χ3n) is 3.79. The molecule has 1 saturated heterocycles. The summed E-state index contributed by atoms with van der Waals surface area (Å²) in [7, 11) is 0. The van der Waals surface area contributed by atoms with Crippen LogP contribution in [0.15, 0.2) is 33.7 Å². The van der Waals surface area contributed by atoms with Gasteiger partial charge in [-0.25, -0.2) is 4.99 Å². The molecule has 0 aromatic heterocycles. The van der Waals surface area contributed by atoms with E-state index in [-0.39, 0.29) is 0 Å². The standard InChI is InChI=1S/C13H10BrIN2/c14-8-4-11(15)10-6-17-9-2-1-7(3-9)13(17)16-12(10)5-8/h1-2,4-5,7,9H,3,6H2. The lowest BCUT2D eigenvalue weighted by atomic mass is 10.1. The maximum Gasteiger partial charge on any atom is 0.113 e. The number of benzene rings is 1. The summed E-state index contributed by atoms with van der Waals surface area (Å²) >= 11 is 5.96. The first-order valence-corrected chi connectivity index (χ1v) is 7.61. The zero-order valence-corrected chi connectivity index (χ0v) is 12.8. The maximum atomic E-state index is 4.87. The number of nitrogens with zero attached hydrogens (tertiary/aromatic N) is 2. The molecule has 0 saturated carbocycles. The molecule has 0 spiro atoms. The van der Waals surface area contributed by atoms with E-state index in [0.717, 1.165) is 16.7 Å². The number of hydrogen-bond acceptors (Lipinski definition) is 2. The summed E-state index contributed by atoms with van der Waals surface area (Å²) in [5, 5.41) is 0. The summed E-state index contributed by atoms with van der Waals surface area (Å²) in [6.07, 6.45) is 5.87. The van der Waals surface area contributed by atoms with Crippen LogP contribution >= 0.6 is 38.5 Å². The Labute approximate surface area is 122 Å². The number of halogens is 2. The summed E-state index contributed by atoms with van der Waals surface area (Å²) in [5.74, 6) is 1.84. The highest BCUT2D eigenvalue weighted by molar-refractivity contribution is 14.1. The first-order valence-electron chi connectivity index (χ1n) is 5.74. The monoisotopic (exact) mass is 400 g/mol. The summed E-state index contributed by atoms with van der Waals surface area (Å²) in [6.45, 7) is 1.02. The normalized spacial score (nSPS) is 28.1. The topological polar surface area (TPSA) is 15.6 Å². The Balaban J connectivity index is 1.90. The van der Waals surface area contributed by atoms with Crippen LogP contribution in [0.1, 0.15) is 12.0 Å². The first-order chi connectivity index (χ1) is 8.22. The number of fused-ring (bicyclic) bond motifs is 6. The van der Waals surface area contributed by atoms with Gasteiger partial charge in [-0.2, -0.15) is 0 Å². The molecule has 4 heteroatoms. The van der Waals surface area contributed by atoms with Gasteiger partial charge in [0, 0.05) is 32.1 Å². The fraction of sp³-hybridized carbons (Fsp3) is 0.308. The lowest BCUT2D eigenvalue weighted by molar-refractivity contribution is 0.377. The highest BCUT2D eigenvalue weighted by Gasteiger charge is 2.41. The molecule has 4 rings (SSSR count). The zero-order valence-electron chi connectivity index (χ0n) is 9.03. The molecule has 1 aliphatic carbocycles. The van der Waals surface area contributed by atoms with Crippen LogP contribution in [0.2, 0.25) is 0 Å². The van der Waals surface area contributed by atoms with Gasteiger partial charge in [-0.15, -0.1) is 0 Å². The van der Waals surface area contributed by atoms with Crippen molar-refractivity contribution in [2.75, 3.05) is 0 Å². The predicted octanol–water partition coefficient (Wildman–Crippen LogP) is 3.86. The molecule has 0 N–H and O–H groups in total. The molecule has 1 fully saturated rings. The van der Waals surface area contributed by atoms with Crippen LogP contribution in [-0.4, -0.2) is 16.8 Å². The minimum Gasteiger partial charge on any atom is -0.349 e. The minimum absolute atomic E-state index is 0.560. The molecular weight excluding hydrogens is 391 g/mol. The van der Waals surface area contributed by atoms with Gasteiger partial charge in [0.25, 0.3) is 0 Å². The van der Waals surface area contributed by atoms with Crippen LogP contribution in [0, 0.1) is 9.49 Å². The van der Waals surface area contributed by atoms with Gasteiger partial charge in [-0.1, -0.05) is 28.1 Å². The molecule has 2 unspecified atom stereocenters. The zero-order chi connectivity index (χ0) is 11.6. The Hall–Kier alpha value is -0.360. The third kappa shape index (κ3) is 1.46. The Morgan fingerprint density at radius 1 is 1.35 bits per heavy atom. The SMILES string of the molecule is Brc1cc(I)c2c(c1)N=C1C3C=CC(C3)N1C2. The average molecular weight is 401 g/mol. The fourth-order valence-electron chi connectivity index (χ4n) is 2.97. The molecule has 0 amide bonds. The lowest BCUT2D eigenvalue weighted by Crippen LogP contribution is -2.36. The second-order valence-electron chi connectivity index (χ2n) is 4.78. The summed E-state index contributed by atoms with van der Waals surface area (Å²) < 4.78 is 2.43. The molecule has 2 aliphatic heterocycles. The van der Waals surface area contributed by atoms with E-state index in [9.17, 15) is 0 Å². The highest BCUT2D eigenvalue weighted by Crippen LogP contribution is 2.42. The number of amidine groups is 1. The minimum atomic E-state index is 0.560. The van der Waals surface area contributed by atoms with Crippen LogP contribution in [0.4, 0.5) is 5.69 Å². The van der Waals surface area contributed by atoms with Crippen molar-refractivity contribution in [1.29, 1.82) is 0 Å². The highest BCUT2D eigenvalue weighted by atomic mass is 127. The molecule has 2 nitrogen and oxygen atoms in total. The average Bonchev–Trinajstić information content (AvgIpc) is 2.87. The number of aliphatic imine (C=N–C) groups is 1. The van der Waals surface area contributed by atoms with Crippen LogP contribution in [-0.2, 0) is 6.54 Å². The van der Waals surface area contributed by atoms with Crippen molar-refractivity contribution in [2.24, 2.45) is 10.9 Å². The molecule has 1 aromatic carbocycles. The van der Waals surface area contributed by atoms with Gasteiger partial charge in [0.2, 0.25) is 0 Å². The van der Waals surface area contributed by atoms with Gasteiger partial charge >= 0.3 is 0 Å². The van der Waals surface area contributed by atoms with Gasteiger partial charge in [0.15, 0.2) is 0 Å². The largest absolute Gasteiger partial charge is 0.349 e. The van der Waals surface area contributed by atoms with Gasteiger partial charge in [0.1, 0.15) is 5.84 Å². The van der Waals surface area contributed by atoms with Crippen molar-refractivity contribution in [2.45, 2.75) is 19.0 Å². The summed E-state index contributed by atoms with van der Waals surface area (Å²) in [5.41, 5.74) is 2.52. The van der Waals surface area contributed by atoms with Gasteiger partial charge in [-0.3, -0.25) is 0 Å². The van der Waals surface area contributed by atoms with Crippen molar-refractivity contribution >= 4 is 50.0 Å². The number of hydrogen-bond donors (Lipinski definition) is 0. The molecule has 2 bridgehead atoms. The molecule has 2 atom stereocenters. The van der Waals surface area contributed by atoms with Crippen molar-refractivity contribution in [1.82, 2.24) is 4.90 Å². The second kappa shape index (κ2) is 3.57. The van der Waals surface area contributed by atoms with E-state index >= 15 is 0 Å². The Morgan fingerprint density at radius 2 is 2.24 bits per heavy atom. The van der Waals surface area contributed by atoms with E-state index in [0.29, 0.717) is 12.0 Å². The lowest BCUT2D eigenvalue weighted by Gasteiger charge is -2.32. The van der Waals surface area contributed by atoms with Crippen LogP contribution in [0.5, 0.6) is 0 Å². The molecule has 0 radical (unpaired) electrons. The Morgan fingerprint density at radius 3 is 3.12 bits per heavy atom. The van der Waals surface area contributed by atoms with E-state index < -0.39 is 0 Å². The van der Waals surface area contributed by atoms with Gasteiger partial charge in [0.05, 0.1) is 5.69 Å². The van der Waals surface area contributed by atoms with E-state index in [1.54, 1.807) is 0 Å². The van der Waals surface area contributed by atoms with Gasteiger partial charge in [-0.05, 0) is 41.1 Å². The van der Waals surface area contributed by atoms with E-state index in [2.05, 4.69) is 67.7 Å².